The second-order valence-corrected chi connectivity index (χ2v) is 2.59. The standard InChI is InChI=1S/C9H13NO/c10-9(11)7-6-8-4-2-1-3-5-8/h1-5,9,11H,6-7,10H2/t9-/m1/s1. The van der Waals surface area contributed by atoms with Gasteiger partial charge in [0, 0.05) is 0 Å². The van der Waals surface area contributed by atoms with Gasteiger partial charge in [-0.1, -0.05) is 30.3 Å². The Hall–Kier alpha value is -0.860. The van der Waals surface area contributed by atoms with E-state index in [1.54, 1.807) is 0 Å². The number of aliphatic hydroxyl groups excluding tert-OH is 1. The predicted octanol–water partition coefficient (Wildman–Crippen LogP) is 0.896. The van der Waals surface area contributed by atoms with E-state index < -0.39 is 6.23 Å². The molecule has 0 amide bonds. The Labute approximate surface area is 66.7 Å². The van der Waals surface area contributed by atoms with Gasteiger partial charge in [0.25, 0.3) is 0 Å². The van der Waals surface area contributed by atoms with Gasteiger partial charge in [0.1, 0.15) is 6.23 Å². The molecule has 0 aliphatic carbocycles. The Kier molecular flexibility index (Phi) is 3.08. The van der Waals surface area contributed by atoms with Crippen molar-refractivity contribution in [1.29, 1.82) is 0 Å². The van der Waals surface area contributed by atoms with Crippen molar-refractivity contribution in [3.05, 3.63) is 35.9 Å². The molecule has 0 saturated carbocycles. The van der Waals surface area contributed by atoms with Crippen LogP contribution in [-0.4, -0.2) is 11.3 Å². The van der Waals surface area contributed by atoms with Crippen LogP contribution < -0.4 is 5.73 Å². The third-order valence-electron chi connectivity index (χ3n) is 1.57. The SMILES string of the molecule is N[C@H](O)CCc1ccccc1. The third-order valence-corrected chi connectivity index (χ3v) is 1.57. The zero-order chi connectivity index (χ0) is 8.10. The average Bonchev–Trinajstić information content (AvgIpc) is 2.03. The van der Waals surface area contributed by atoms with E-state index in [0.717, 1.165) is 6.42 Å². The van der Waals surface area contributed by atoms with Gasteiger partial charge in [0.2, 0.25) is 0 Å². The highest BCUT2D eigenvalue weighted by Gasteiger charge is 1.95. The lowest BCUT2D eigenvalue weighted by atomic mass is 10.1. The molecular formula is C9H13NO. The second-order valence-electron chi connectivity index (χ2n) is 2.59. The summed E-state index contributed by atoms with van der Waals surface area (Å²) in [6.45, 7) is 0. The number of nitrogens with two attached hydrogens (primary N) is 1. The fourth-order valence-electron chi connectivity index (χ4n) is 0.959. The molecule has 3 N–H and O–H groups in total. The zero-order valence-electron chi connectivity index (χ0n) is 6.40. The van der Waals surface area contributed by atoms with Crippen LogP contribution in [0.3, 0.4) is 0 Å². The minimum Gasteiger partial charge on any atom is -0.379 e. The molecule has 2 heteroatoms. The molecule has 1 aromatic carbocycles. The molecule has 2 nitrogen and oxygen atoms in total. The van der Waals surface area contributed by atoms with Crippen LogP contribution in [0, 0.1) is 0 Å². The summed E-state index contributed by atoms with van der Waals surface area (Å²) < 4.78 is 0. The number of aliphatic hydroxyl groups is 1. The monoisotopic (exact) mass is 151 g/mol. The Morgan fingerprint density at radius 2 is 1.91 bits per heavy atom. The van der Waals surface area contributed by atoms with Crippen LogP contribution in [0.15, 0.2) is 30.3 Å². The van der Waals surface area contributed by atoms with Crippen LogP contribution in [0.1, 0.15) is 12.0 Å². The van der Waals surface area contributed by atoms with Gasteiger partial charge in [0.15, 0.2) is 0 Å². The fraction of sp³-hybridized carbons (Fsp3) is 0.333. The molecule has 0 radical (unpaired) electrons. The van der Waals surface area contributed by atoms with E-state index in [0.29, 0.717) is 6.42 Å². The molecule has 11 heavy (non-hydrogen) atoms. The van der Waals surface area contributed by atoms with Gasteiger partial charge >= 0.3 is 0 Å². The van der Waals surface area contributed by atoms with Crippen LogP contribution >= 0.6 is 0 Å². The first kappa shape index (κ1) is 8.24. The Balaban J connectivity index is 2.39. The summed E-state index contributed by atoms with van der Waals surface area (Å²) >= 11 is 0. The topological polar surface area (TPSA) is 46.2 Å². The van der Waals surface area contributed by atoms with Gasteiger partial charge < -0.3 is 10.8 Å². The maximum Gasteiger partial charge on any atom is 0.102 e. The minimum absolute atomic E-state index is 0.629. The van der Waals surface area contributed by atoms with Crippen molar-refractivity contribution in [2.24, 2.45) is 5.73 Å². The normalized spacial score (nSPS) is 12.9. The number of aryl methyl sites for hydroxylation is 1. The molecule has 0 bridgehead atoms. The summed E-state index contributed by atoms with van der Waals surface area (Å²) in [4.78, 5) is 0. The fourth-order valence-corrected chi connectivity index (χ4v) is 0.959. The molecular weight excluding hydrogens is 138 g/mol. The van der Waals surface area contributed by atoms with Crippen molar-refractivity contribution in [3.63, 3.8) is 0 Å². The van der Waals surface area contributed by atoms with Crippen LogP contribution in [-0.2, 0) is 6.42 Å². The maximum absolute atomic E-state index is 8.79. The van der Waals surface area contributed by atoms with E-state index in [-0.39, 0.29) is 0 Å². The summed E-state index contributed by atoms with van der Waals surface area (Å²) in [6.07, 6.45) is 0.790. The molecule has 1 rings (SSSR count). The largest absolute Gasteiger partial charge is 0.379 e. The molecule has 1 atom stereocenters. The summed E-state index contributed by atoms with van der Waals surface area (Å²) in [5.74, 6) is 0. The average molecular weight is 151 g/mol. The highest BCUT2D eigenvalue weighted by Crippen LogP contribution is 2.02. The summed E-state index contributed by atoms with van der Waals surface area (Å²) in [5.41, 5.74) is 6.42. The van der Waals surface area contributed by atoms with E-state index in [1.807, 2.05) is 30.3 Å². The first-order valence-electron chi connectivity index (χ1n) is 3.76. The van der Waals surface area contributed by atoms with E-state index in [4.69, 9.17) is 10.8 Å². The molecule has 0 aromatic heterocycles. The third kappa shape index (κ3) is 3.16. The van der Waals surface area contributed by atoms with Crippen molar-refractivity contribution in [2.75, 3.05) is 0 Å². The number of benzene rings is 1. The molecule has 0 aliphatic rings. The van der Waals surface area contributed by atoms with Crippen molar-refractivity contribution >= 4 is 0 Å². The first-order valence-corrected chi connectivity index (χ1v) is 3.76. The molecule has 0 saturated heterocycles. The van der Waals surface area contributed by atoms with E-state index in [1.165, 1.54) is 5.56 Å². The van der Waals surface area contributed by atoms with Crippen LogP contribution in [0.4, 0.5) is 0 Å². The molecule has 0 fully saturated rings. The lowest BCUT2D eigenvalue weighted by molar-refractivity contribution is 0.172. The maximum atomic E-state index is 8.79. The molecule has 1 aromatic rings. The number of hydrogen-bond acceptors (Lipinski definition) is 2. The highest BCUT2D eigenvalue weighted by molar-refractivity contribution is 5.14. The van der Waals surface area contributed by atoms with Crippen LogP contribution in [0.25, 0.3) is 0 Å². The summed E-state index contributed by atoms with van der Waals surface area (Å²) in [5, 5.41) is 8.79. The van der Waals surface area contributed by atoms with Gasteiger partial charge in [-0.2, -0.15) is 0 Å². The zero-order valence-corrected chi connectivity index (χ0v) is 6.40. The van der Waals surface area contributed by atoms with Gasteiger partial charge in [-0.3, -0.25) is 0 Å². The van der Waals surface area contributed by atoms with Crippen molar-refractivity contribution in [2.45, 2.75) is 19.1 Å². The summed E-state index contributed by atoms with van der Waals surface area (Å²) in [6, 6.07) is 10.0. The smallest absolute Gasteiger partial charge is 0.102 e. The molecule has 0 spiro atoms. The predicted molar refractivity (Wildman–Crippen MR) is 45.0 cm³/mol. The number of rotatable bonds is 3. The Morgan fingerprint density at radius 1 is 1.27 bits per heavy atom. The quantitative estimate of drug-likeness (QED) is 0.630. The Morgan fingerprint density at radius 3 is 2.45 bits per heavy atom. The van der Waals surface area contributed by atoms with Gasteiger partial charge in [-0.15, -0.1) is 0 Å². The highest BCUT2D eigenvalue weighted by atomic mass is 16.3. The van der Waals surface area contributed by atoms with E-state index in [2.05, 4.69) is 0 Å². The second kappa shape index (κ2) is 4.11. The van der Waals surface area contributed by atoms with E-state index in [9.17, 15) is 0 Å². The Bertz CT molecular complexity index is 196. The van der Waals surface area contributed by atoms with Crippen molar-refractivity contribution < 1.29 is 5.11 Å². The van der Waals surface area contributed by atoms with Gasteiger partial charge in [-0.05, 0) is 18.4 Å². The lowest BCUT2D eigenvalue weighted by Crippen LogP contribution is -2.19. The number of hydrogen-bond donors (Lipinski definition) is 2. The minimum atomic E-state index is -0.685. The summed E-state index contributed by atoms with van der Waals surface area (Å²) in [7, 11) is 0. The first-order chi connectivity index (χ1) is 5.29. The molecule has 0 aliphatic heterocycles. The van der Waals surface area contributed by atoms with Gasteiger partial charge in [0.05, 0.1) is 0 Å². The van der Waals surface area contributed by atoms with Crippen molar-refractivity contribution in [3.8, 4) is 0 Å². The van der Waals surface area contributed by atoms with E-state index >= 15 is 0 Å². The lowest BCUT2D eigenvalue weighted by Gasteiger charge is -2.02. The molecule has 0 heterocycles. The van der Waals surface area contributed by atoms with Gasteiger partial charge in [-0.25, -0.2) is 0 Å². The van der Waals surface area contributed by atoms with Crippen molar-refractivity contribution in [1.82, 2.24) is 0 Å². The van der Waals surface area contributed by atoms with Crippen LogP contribution in [0.5, 0.6) is 0 Å². The van der Waals surface area contributed by atoms with Crippen LogP contribution in [0.2, 0.25) is 0 Å². The molecule has 60 valence electrons. The molecule has 0 unspecified atom stereocenters.